The van der Waals surface area contributed by atoms with Crippen molar-refractivity contribution in [3.8, 4) is 0 Å². The molecule has 0 fully saturated rings. The molecule has 0 amide bonds. The minimum Gasteiger partial charge on any atom is -0.384 e. The molecule has 1 heterocycles. The van der Waals surface area contributed by atoms with E-state index in [4.69, 9.17) is 16.3 Å². The van der Waals surface area contributed by atoms with Gasteiger partial charge in [0.25, 0.3) is 0 Å². The third kappa shape index (κ3) is 2.87. The SMILES string of the molecule is COCCc1cncc(Cl)c1. The van der Waals surface area contributed by atoms with E-state index in [0.29, 0.717) is 11.6 Å². The summed E-state index contributed by atoms with van der Waals surface area (Å²) >= 11 is 5.72. The summed E-state index contributed by atoms with van der Waals surface area (Å²) in [7, 11) is 1.68. The van der Waals surface area contributed by atoms with E-state index in [0.717, 1.165) is 12.0 Å². The van der Waals surface area contributed by atoms with Crippen LogP contribution in [-0.2, 0) is 11.2 Å². The van der Waals surface area contributed by atoms with Crippen molar-refractivity contribution in [3.63, 3.8) is 0 Å². The van der Waals surface area contributed by atoms with Crippen LogP contribution in [0, 0.1) is 0 Å². The average Bonchev–Trinajstić information content (AvgIpc) is 2.01. The lowest BCUT2D eigenvalue weighted by molar-refractivity contribution is 0.202. The van der Waals surface area contributed by atoms with E-state index in [1.54, 1.807) is 19.5 Å². The zero-order valence-corrected chi connectivity index (χ0v) is 7.14. The van der Waals surface area contributed by atoms with E-state index < -0.39 is 0 Å². The summed E-state index contributed by atoms with van der Waals surface area (Å²) in [6.07, 6.45) is 4.28. The third-order valence-corrected chi connectivity index (χ3v) is 1.56. The van der Waals surface area contributed by atoms with Crippen LogP contribution in [0.5, 0.6) is 0 Å². The number of aromatic nitrogens is 1. The highest BCUT2D eigenvalue weighted by Crippen LogP contribution is 2.08. The van der Waals surface area contributed by atoms with Gasteiger partial charge in [0.2, 0.25) is 0 Å². The Morgan fingerprint density at radius 2 is 2.36 bits per heavy atom. The normalized spacial score (nSPS) is 10.0. The molecule has 1 aromatic heterocycles. The predicted molar refractivity (Wildman–Crippen MR) is 44.8 cm³/mol. The number of ether oxygens (including phenoxy) is 1. The highest BCUT2D eigenvalue weighted by atomic mass is 35.5. The van der Waals surface area contributed by atoms with Crippen molar-refractivity contribution in [1.29, 1.82) is 0 Å². The van der Waals surface area contributed by atoms with Crippen LogP contribution in [0.3, 0.4) is 0 Å². The van der Waals surface area contributed by atoms with Gasteiger partial charge in [-0.1, -0.05) is 11.6 Å². The van der Waals surface area contributed by atoms with Crippen LogP contribution in [0.15, 0.2) is 18.5 Å². The summed E-state index contributed by atoms with van der Waals surface area (Å²) in [5.74, 6) is 0. The summed E-state index contributed by atoms with van der Waals surface area (Å²) in [5.41, 5.74) is 1.11. The summed E-state index contributed by atoms with van der Waals surface area (Å²) in [6, 6.07) is 1.90. The minimum atomic E-state index is 0.679. The first-order valence-corrected chi connectivity index (χ1v) is 3.79. The number of hydrogen-bond acceptors (Lipinski definition) is 2. The van der Waals surface area contributed by atoms with Crippen LogP contribution in [0.25, 0.3) is 0 Å². The Balaban J connectivity index is 2.56. The molecule has 0 saturated heterocycles. The van der Waals surface area contributed by atoms with Crippen molar-refractivity contribution in [2.24, 2.45) is 0 Å². The van der Waals surface area contributed by atoms with Crippen molar-refractivity contribution in [1.82, 2.24) is 4.98 Å². The minimum absolute atomic E-state index is 0.679. The Hall–Kier alpha value is -0.600. The van der Waals surface area contributed by atoms with Crippen molar-refractivity contribution < 1.29 is 4.74 Å². The summed E-state index contributed by atoms with van der Waals surface area (Å²) in [5, 5.41) is 0.679. The van der Waals surface area contributed by atoms with E-state index in [1.807, 2.05) is 6.07 Å². The highest BCUT2D eigenvalue weighted by molar-refractivity contribution is 6.30. The monoisotopic (exact) mass is 171 g/mol. The van der Waals surface area contributed by atoms with E-state index in [9.17, 15) is 0 Å². The summed E-state index contributed by atoms with van der Waals surface area (Å²) in [4.78, 5) is 3.95. The third-order valence-electron chi connectivity index (χ3n) is 1.36. The number of hydrogen-bond donors (Lipinski definition) is 0. The second-order valence-corrected chi connectivity index (χ2v) is 2.69. The lowest BCUT2D eigenvalue weighted by Crippen LogP contribution is -1.94. The van der Waals surface area contributed by atoms with Crippen LogP contribution in [0.1, 0.15) is 5.56 Å². The molecule has 2 nitrogen and oxygen atoms in total. The molecular formula is C8H10ClNO. The van der Waals surface area contributed by atoms with Crippen molar-refractivity contribution >= 4 is 11.6 Å². The second kappa shape index (κ2) is 4.31. The first-order valence-electron chi connectivity index (χ1n) is 3.41. The van der Waals surface area contributed by atoms with Gasteiger partial charge in [-0.15, -0.1) is 0 Å². The highest BCUT2D eigenvalue weighted by Gasteiger charge is 1.93. The fourth-order valence-corrected chi connectivity index (χ4v) is 1.01. The lowest BCUT2D eigenvalue weighted by Gasteiger charge is -1.98. The van der Waals surface area contributed by atoms with Gasteiger partial charge < -0.3 is 4.74 Å². The summed E-state index contributed by atoms with van der Waals surface area (Å²) in [6.45, 7) is 0.710. The molecule has 11 heavy (non-hydrogen) atoms. The number of rotatable bonds is 3. The fraction of sp³-hybridized carbons (Fsp3) is 0.375. The van der Waals surface area contributed by atoms with Gasteiger partial charge in [0.05, 0.1) is 11.6 Å². The molecule has 0 aliphatic heterocycles. The molecule has 0 atom stereocenters. The molecule has 0 N–H and O–H groups in total. The number of nitrogens with zero attached hydrogens (tertiary/aromatic N) is 1. The molecule has 0 aliphatic rings. The smallest absolute Gasteiger partial charge is 0.0592 e. The number of halogens is 1. The van der Waals surface area contributed by atoms with Crippen LogP contribution in [0.2, 0.25) is 5.02 Å². The zero-order valence-electron chi connectivity index (χ0n) is 6.38. The Bertz CT molecular complexity index is 227. The molecule has 0 spiro atoms. The topological polar surface area (TPSA) is 22.1 Å². The maximum Gasteiger partial charge on any atom is 0.0592 e. The Labute approximate surface area is 71.2 Å². The molecule has 0 saturated carbocycles. The molecule has 60 valence electrons. The molecule has 0 unspecified atom stereocenters. The average molecular weight is 172 g/mol. The van der Waals surface area contributed by atoms with Gasteiger partial charge in [0.1, 0.15) is 0 Å². The largest absolute Gasteiger partial charge is 0.384 e. The molecule has 0 radical (unpaired) electrons. The molecular weight excluding hydrogens is 162 g/mol. The van der Waals surface area contributed by atoms with E-state index in [2.05, 4.69) is 4.98 Å². The predicted octanol–water partition coefficient (Wildman–Crippen LogP) is 1.92. The fourth-order valence-electron chi connectivity index (χ4n) is 0.812. The molecule has 0 bridgehead atoms. The zero-order chi connectivity index (χ0) is 8.10. The van der Waals surface area contributed by atoms with Gasteiger partial charge in [-0.25, -0.2) is 0 Å². The van der Waals surface area contributed by atoms with Gasteiger partial charge >= 0.3 is 0 Å². The van der Waals surface area contributed by atoms with Crippen LogP contribution in [0.4, 0.5) is 0 Å². The quantitative estimate of drug-likeness (QED) is 0.694. The lowest BCUT2D eigenvalue weighted by atomic mass is 10.2. The Kier molecular flexibility index (Phi) is 3.33. The van der Waals surface area contributed by atoms with E-state index >= 15 is 0 Å². The first-order chi connectivity index (χ1) is 5.33. The maximum absolute atomic E-state index is 5.72. The number of pyridine rings is 1. The first kappa shape index (κ1) is 8.50. The molecule has 0 aliphatic carbocycles. The maximum atomic E-state index is 5.72. The van der Waals surface area contributed by atoms with Gasteiger partial charge in [-0.2, -0.15) is 0 Å². The van der Waals surface area contributed by atoms with Crippen LogP contribution < -0.4 is 0 Å². The molecule has 1 aromatic rings. The van der Waals surface area contributed by atoms with Crippen molar-refractivity contribution in [2.45, 2.75) is 6.42 Å². The van der Waals surface area contributed by atoms with Gasteiger partial charge in [-0.3, -0.25) is 4.98 Å². The van der Waals surface area contributed by atoms with E-state index in [-0.39, 0.29) is 0 Å². The molecule has 0 aromatic carbocycles. The summed E-state index contributed by atoms with van der Waals surface area (Å²) < 4.78 is 4.91. The molecule has 1 rings (SSSR count). The van der Waals surface area contributed by atoms with Gasteiger partial charge in [0.15, 0.2) is 0 Å². The van der Waals surface area contributed by atoms with E-state index in [1.165, 1.54) is 0 Å². The van der Waals surface area contributed by atoms with Crippen LogP contribution in [-0.4, -0.2) is 18.7 Å². The Morgan fingerprint density at radius 3 is 3.00 bits per heavy atom. The Morgan fingerprint density at radius 1 is 1.55 bits per heavy atom. The standard InChI is InChI=1S/C8H10ClNO/c1-11-3-2-7-4-8(9)6-10-5-7/h4-6H,2-3H2,1H3. The molecule has 3 heteroatoms. The van der Waals surface area contributed by atoms with Crippen molar-refractivity contribution in [3.05, 3.63) is 29.0 Å². The number of methoxy groups -OCH3 is 1. The van der Waals surface area contributed by atoms with Gasteiger partial charge in [-0.05, 0) is 18.1 Å². The van der Waals surface area contributed by atoms with Crippen LogP contribution >= 0.6 is 11.6 Å². The van der Waals surface area contributed by atoms with Gasteiger partial charge in [0, 0.05) is 19.5 Å². The van der Waals surface area contributed by atoms with Crippen molar-refractivity contribution in [2.75, 3.05) is 13.7 Å². The second-order valence-electron chi connectivity index (χ2n) is 2.25.